The second-order valence-corrected chi connectivity index (χ2v) is 5.34. The Kier molecular flexibility index (Phi) is 5.61. The molecule has 1 N–H and O–H groups in total. The van der Waals surface area contributed by atoms with Crippen LogP contribution in [0.5, 0.6) is 11.5 Å². The maximum atomic E-state index is 12.1. The van der Waals surface area contributed by atoms with Gasteiger partial charge in [-0.05, 0) is 36.4 Å². The van der Waals surface area contributed by atoms with E-state index in [1.807, 2.05) is 24.3 Å². The van der Waals surface area contributed by atoms with Crippen molar-refractivity contribution in [1.29, 1.82) is 0 Å². The predicted octanol–water partition coefficient (Wildman–Crippen LogP) is 4.27. The summed E-state index contributed by atoms with van der Waals surface area (Å²) in [5, 5.41) is 3.05. The SMILES string of the molecule is COc1ccc(C(=O)C=CNc2cccc(Br)c2)cc1OC. The third-order valence-corrected chi connectivity index (χ3v) is 3.47. The monoisotopic (exact) mass is 361 g/mol. The van der Waals surface area contributed by atoms with E-state index in [-0.39, 0.29) is 5.78 Å². The fourth-order valence-electron chi connectivity index (χ4n) is 1.88. The number of halogens is 1. The van der Waals surface area contributed by atoms with Crippen LogP contribution >= 0.6 is 15.9 Å². The van der Waals surface area contributed by atoms with Crippen molar-refractivity contribution in [2.75, 3.05) is 19.5 Å². The summed E-state index contributed by atoms with van der Waals surface area (Å²) < 4.78 is 11.3. The van der Waals surface area contributed by atoms with Gasteiger partial charge in [0.2, 0.25) is 0 Å². The van der Waals surface area contributed by atoms with Gasteiger partial charge >= 0.3 is 0 Å². The third-order valence-electron chi connectivity index (χ3n) is 2.98. The minimum Gasteiger partial charge on any atom is -0.493 e. The van der Waals surface area contributed by atoms with Crippen molar-refractivity contribution in [3.8, 4) is 11.5 Å². The topological polar surface area (TPSA) is 47.6 Å². The first-order valence-corrected chi connectivity index (χ1v) is 7.38. The summed E-state index contributed by atoms with van der Waals surface area (Å²) in [5.41, 5.74) is 1.43. The van der Waals surface area contributed by atoms with Gasteiger partial charge in [0.25, 0.3) is 0 Å². The Labute approximate surface area is 137 Å². The molecule has 114 valence electrons. The highest BCUT2D eigenvalue weighted by atomic mass is 79.9. The molecule has 0 saturated heterocycles. The van der Waals surface area contributed by atoms with Crippen molar-refractivity contribution in [3.05, 3.63) is 64.8 Å². The lowest BCUT2D eigenvalue weighted by atomic mass is 10.1. The molecule has 0 spiro atoms. The summed E-state index contributed by atoms with van der Waals surface area (Å²) in [4.78, 5) is 12.1. The van der Waals surface area contributed by atoms with Gasteiger partial charge in [-0.1, -0.05) is 22.0 Å². The van der Waals surface area contributed by atoms with Crippen LogP contribution < -0.4 is 14.8 Å². The van der Waals surface area contributed by atoms with Crippen molar-refractivity contribution < 1.29 is 14.3 Å². The van der Waals surface area contributed by atoms with E-state index in [1.54, 1.807) is 31.5 Å². The summed E-state index contributed by atoms with van der Waals surface area (Å²) in [7, 11) is 3.10. The Morgan fingerprint density at radius 2 is 1.86 bits per heavy atom. The quantitative estimate of drug-likeness (QED) is 0.616. The van der Waals surface area contributed by atoms with Gasteiger partial charge in [-0.2, -0.15) is 0 Å². The van der Waals surface area contributed by atoms with E-state index in [0.29, 0.717) is 17.1 Å². The lowest BCUT2D eigenvalue weighted by molar-refractivity contribution is 0.104. The Balaban J connectivity index is 2.07. The van der Waals surface area contributed by atoms with E-state index in [9.17, 15) is 4.79 Å². The van der Waals surface area contributed by atoms with Crippen molar-refractivity contribution >= 4 is 27.4 Å². The fourth-order valence-corrected chi connectivity index (χ4v) is 2.28. The van der Waals surface area contributed by atoms with Gasteiger partial charge in [0, 0.05) is 28.0 Å². The molecular weight excluding hydrogens is 346 g/mol. The highest BCUT2D eigenvalue weighted by Crippen LogP contribution is 2.27. The molecule has 0 aliphatic rings. The molecule has 4 nitrogen and oxygen atoms in total. The summed E-state index contributed by atoms with van der Waals surface area (Å²) in [6.07, 6.45) is 3.09. The molecule has 0 atom stereocenters. The highest BCUT2D eigenvalue weighted by molar-refractivity contribution is 9.10. The first-order chi connectivity index (χ1) is 10.6. The molecule has 2 rings (SSSR count). The lowest BCUT2D eigenvalue weighted by Crippen LogP contribution is -1.98. The molecule has 0 aliphatic heterocycles. The van der Waals surface area contributed by atoms with E-state index in [2.05, 4.69) is 21.2 Å². The van der Waals surface area contributed by atoms with Gasteiger partial charge in [0.05, 0.1) is 14.2 Å². The zero-order chi connectivity index (χ0) is 15.9. The molecule has 0 radical (unpaired) electrons. The number of nitrogens with one attached hydrogen (secondary N) is 1. The van der Waals surface area contributed by atoms with Crippen LogP contribution in [0.15, 0.2) is 59.2 Å². The number of benzene rings is 2. The Bertz CT molecular complexity index is 698. The number of ketones is 1. The van der Waals surface area contributed by atoms with Crippen LogP contribution in [0.1, 0.15) is 10.4 Å². The first kappa shape index (κ1) is 16.1. The van der Waals surface area contributed by atoms with Crippen LogP contribution in [-0.2, 0) is 0 Å². The number of hydrogen-bond acceptors (Lipinski definition) is 4. The van der Waals surface area contributed by atoms with Crippen LogP contribution in [0, 0.1) is 0 Å². The molecule has 0 heterocycles. The van der Waals surface area contributed by atoms with Crippen molar-refractivity contribution in [3.63, 3.8) is 0 Å². The number of carbonyl (C=O) groups is 1. The van der Waals surface area contributed by atoms with Crippen molar-refractivity contribution in [2.45, 2.75) is 0 Å². The van der Waals surface area contributed by atoms with Gasteiger partial charge in [0.1, 0.15) is 0 Å². The standard InChI is InChI=1S/C17H16BrNO3/c1-21-16-7-6-12(10-17(16)22-2)15(20)8-9-19-14-5-3-4-13(18)11-14/h3-11,19H,1-2H3. The summed E-state index contributed by atoms with van der Waals surface area (Å²) in [5.74, 6) is 1.00. The number of anilines is 1. The summed E-state index contributed by atoms with van der Waals surface area (Å²) in [6.45, 7) is 0. The van der Waals surface area contributed by atoms with Crippen molar-refractivity contribution in [1.82, 2.24) is 0 Å². The lowest BCUT2D eigenvalue weighted by Gasteiger charge is -2.08. The maximum Gasteiger partial charge on any atom is 0.187 e. The number of hydrogen-bond donors (Lipinski definition) is 1. The number of methoxy groups -OCH3 is 2. The summed E-state index contributed by atoms with van der Waals surface area (Å²) >= 11 is 3.39. The Morgan fingerprint density at radius 1 is 1.09 bits per heavy atom. The van der Waals surface area contributed by atoms with Gasteiger partial charge in [0.15, 0.2) is 17.3 Å². The highest BCUT2D eigenvalue weighted by Gasteiger charge is 2.08. The molecule has 0 amide bonds. The average molecular weight is 362 g/mol. The number of allylic oxidation sites excluding steroid dienone is 1. The zero-order valence-electron chi connectivity index (χ0n) is 12.3. The van der Waals surface area contributed by atoms with Gasteiger partial charge in [-0.3, -0.25) is 4.79 Å². The van der Waals surface area contributed by atoms with E-state index < -0.39 is 0 Å². The molecule has 0 bridgehead atoms. The van der Waals surface area contributed by atoms with Crippen molar-refractivity contribution in [2.24, 2.45) is 0 Å². The Morgan fingerprint density at radius 3 is 2.55 bits per heavy atom. The molecule has 2 aromatic rings. The molecule has 0 fully saturated rings. The molecular formula is C17H16BrNO3. The van der Waals surface area contributed by atoms with Crippen LogP contribution in [-0.4, -0.2) is 20.0 Å². The minimum absolute atomic E-state index is 0.122. The first-order valence-electron chi connectivity index (χ1n) is 6.59. The van der Waals surface area contributed by atoms with Crippen LogP contribution in [0.25, 0.3) is 0 Å². The van der Waals surface area contributed by atoms with Gasteiger partial charge < -0.3 is 14.8 Å². The van der Waals surface area contributed by atoms with E-state index in [1.165, 1.54) is 13.2 Å². The van der Waals surface area contributed by atoms with Crippen LogP contribution in [0.4, 0.5) is 5.69 Å². The second kappa shape index (κ2) is 7.66. The van der Waals surface area contributed by atoms with E-state index in [4.69, 9.17) is 9.47 Å². The smallest absolute Gasteiger partial charge is 0.187 e. The maximum absolute atomic E-state index is 12.1. The molecule has 0 saturated carbocycles. The molecule has 22 heavy (non-hydrogen) atoms. The normalized spacial score (nSPS) is 10.5. The van der Waals surface area contributed by atoms with Crippen LogP contribution in [0.3, 0.4) is 0 Å². The van der Waals surface area contributed by atoms with Gasteiger partial charge in [-0.15, -0.1) is 0 Å². The second-order valence-electron chi connectivity index (χ2n) is 4.42. The summed E-state index contributed by atoms with van der Waals surface area (Å²) in [6, 6.07) is 12.8. The molecule has 5 heteroatoms. The van der Waals surface area contributed by atoms with Gasteiger partial charge in [-0.25, -0.2) is 0 Å². The molecule has 0 aromatic heterocycles. The number of carbonyl (C=O) groups excluding carboxylic acids is 1. The molecule has 0 aliphatic carbocycles. The average Bonchev–Trinajstić information content (AvgIpc) is 2.54. The third kappa shape index (κ3) is 4.11. The van der Waals surface area contributed by atoms with E-state index in [0.717, 1.165) is 10.2 Å². The predicted molar refractivity (Wildman–Crippen MR) is 90.8 cm³/mol. The molecule has 0 unspecified atom stereocenters. The Hall–Kier alpha value is -2.27. The van der Waals surface area contributed by atoms with Crippen LogP contribution in [0.2, 0.25) is 0 Å². The number of ether oxygens (including phenoxy) is 2. The largest absolute Gasteiger partial charge is 0.493 e. The zero-order valence-corrected chi connectivity index (χ0v) is 13.9. The fraction of sp³-hybridized carbons (Fsp3) is 0.118. The van der Waals surface area contributed by atoms with E-state index >= 15 is 0 Å². The number of rotatable bonds is 6. The minimum atomic E-state index is -0.122. The molecule has 2 aromatic carbocycles.